The van der Waals surface area contributed by atoms with Gasteiger partial charge in [-0.3, -0.25) is 4.79 Å². The second-order valence-corrected chi connectivity index (χ2v) is 9.13. The lowest BCUT2D eigenvalue weighted by Crippen LogP contribution is -2.25. The van der Waals surface area contributed by atoms with Crippen LogP contribution in [-0.4, -0.2) is 19.6 Å². The number of hydrogen-bond donors (Lipinski definition) is 2. The van der Waals surface area contributed by atoms with Gasteiger partial charge in [0.15, 0.2) is 9.84 Å². The topological polar surface area (TPSA) is 89.3 Å². The molecule has 0 spiro atoms. The van der Waals surface area contributed by atoms with Gasteiger partial charge in [0.2, 0.25) is 0 Å². The van der Waals surface area contributed by atoms with E-state index in [2.05, 4.69) is 5.32 Å². The third-order valence-corrected chi connectivity index (χ3v) is 6.98. The Morgan fingerprint density at radius 2 is 1.77 bits per heavy atom. The van der Waals surface area contributed by atoms with E-state index >= 15 is 0 Å². The van der Waals surface area contributed by atoms with Gasteiger partial charge in [0, 0.05) is 16.9 Å². The number of hydrogen-bond acceptors (Lipinski definition) is 4. The zero-order valence-electron chi connectivity index (χ0n) is 14.6. The van der Waals surface area contributed by atoms with E-state index in [1.807, 2.05) is 0 Å². The first-order valence-electron chi connectivity index (χ1n) is 8.91. The average Bonchev–Trinajstić information content (AvgIpc) is 2.62. The number of benzene rings is 2. The smallest absolute Gasteiger partial charge is 0.255 e. The number of amides is 1. The summed E-state index contributed by atoms with van der Waals surface area (Å²) in [4.78, 5) is 12.3. The largest absolute Gasteiger partial charge is 0.399 e. The summed E-state index contributed by atoms with van der Waals surface area (Å²) >= 11 is 0. The van der Waals surface area contributed by atoms with Gasteiger partial charge in [0.05, 0.1) is 11.0 Å². The molecule has 0 aliphatic heterocycles. The van der Waals surface area contributed by atoms with Crippen molar-refractivity contribution in [3.05, 3.63) is 59.7 Å². The summed E-state index contributed by atoms with van der Waals surface area (Å²) in [5, 5.41) is 2.57. The molecule has 0 heterocycles. The van der Waals surface area contributed by atoms with Crippen LogP contribution in [0.15, 0.2) is 48.5 Å². The minimum atomic E-state index is -3.17. The molecule has 2 aromatic carbocycles. The standard InChI is InChI=1S/C20H24N2O3S/c21-17-8-5-7-16(13-17)20(23)22-18-9-4-6-15(12-18)14-26(24,25)19-10-2-1-3-11-19/h4-9,12-13,19H,1-3,10-11,14,21H2,(H,22,23). The van der Waals surface area contributed by atoms with Crippen molar-refractivity contribution in [2.45, 2.75) is 43.1 Å². The Morgan fingerprint density at radius 3 is 2.50 bits per heavy atom. The number of anilines is 2. The lowest BCUT2D eigenvalue weighted by atomic mass is 10.0. The number of nitrogens with two attached hydrogens (primary N) is 1. The molecule has 3 N–H and O–H groups in total. The number of nitrogens with one attached hydrogen (secondary N) is 1. The highest BCUT2D eigenvalue weighted by Gasteiger charge is 2.27. The van der Waals surface area contributed by atoms with Gasteiger partial charge in [-0.1, -0.05) is 37.5 Å². The van der Waals surface area contributed by atoms with E-state index in [0.717, 1.165) is 32.1 Å². The normalized spacial score (nSPS) is 15.5. The van der Waals surface area contributed by atoms with Crippen molar-refractivity contribution in [1.82, 2.24) is 0 Å². The molecule has 138 valence electrons. The molecular formula is C20H24N2O3S. The maximum Gasteiger partial charge on any atom is 0.255 e. The Bertz CT molecular complexity index is 887. The van der Waals surface area contributed by atoms with Gasteiger partial charge in [-0.2, -0.15) is 0 Å². The number of rotatable bonds is 5. The van der Waals surface area contributed by atoms with Crippen molar-refractivity contribution < 1.29 is 13.2 Å². The highest BCUT2D eigenvalue weighted by Crippen LogP contribution is 2.26. The van der Waals surface area contributed by atoms with E-state index in [-0.39, 0.29) is 16.9 Å². The Kier molecular flexibility index (Phi) is 5.61. The molecule has 1 fully saturated rings. The maximum atomic E-state index is 12.6. The van der Waals surface area contributed by atoms with Crippen molar-refractivity contribution in [2.24, 2.45) is 0 Å². The number of nitrogen functional groups attached to an aromatic ring is 1. The SMILES string of the molecule is Nc1cccc(C(=O)Nc2cccc(CS(=O)(=O)C3CCCCC3)c2)c1. The monoisotopic (exact) mass is 372 g/mol. The van der Waals surface area contributed by atoms with Crippen LogP contribution in [0.2, 0.25) is 0 Å². The van der Waals surface area contributed by atoms with Gasteiger partial charge < -0.3 is 11.1 Å². The highest BCUT2D eigenvalue weighted by molar-refractivity contribution is 7.91. The molecule has 6 heteroatoms. The number of carbonyl (C=O) groups excluding carboxylic acids is 1. The van der Waals surface area contributed by atoms with Crippen LogP contribution in [-0.2, 0) is 15.6 Å². The summed E-state index contributed by atoms with van der Waals surface area (Å²) in [6.07, 6.45) is 4.61. The van der Waals surface area contributed by atoms with Gasteiger partial charge in [-0.15, -0.1) is 0 Å². The second kappa shape index (κ2) is 7.91. The van der Waals surface area contributed by atoms with E-state index in [0.29, 0.717) is 22.5 Å². The van der Waals surface area contributed by atoms with Gasteiger partial charge >= 0.3 is 0 Å². The summed E-state index contributed by atoms with van der Waals surface area (Å²) in [6, 6.07) is 13.8. The average molecular weight is 372 g/mol. The van der Waals surface area contributed by atoms with E-state index in [4.69, 9.17) is 5.73 Å². The first-order chi connectivity index (χ1) is 12.4. The van der Waals surface area contributed by atoms with Gasteiger partial charge in [-0.25, -0.2) is 8.42 Å². The van der Waals surface area contributed by atoms with E-state index in [9.17, 15) is 13.2 Å². The third kappa shape index (κ3) is 4.64. The molecular weight excluding hydrogens is 348 g/mol. The highest BCUT2D eigenvalue weighted by atomic mass is 32.2. The first-order valence-corrected chi connectivity index (χ1v) is 10.6. The molecule has 1 aliphatic carbocycles. The van der Waals surface area contributed by atoms with Crippen LogP contribution >= 0.6 is 0 Å². The van der Waals surface area contributed by atoms with Crippen molar-refractivity contribution in [1.29, 1.82) is 0 Å². The minimum Gasteiger partial charge on any atom is -0.399 e. The van der Waals surface area contributed by atoms with Gasteiger partial charge in [-0.05, 0) is 48.7 Å². The third-order valence-electron chi connectivity index (χ3n) is 4.76. The summed E-state index contributed by atoms with van der Waals surface area (Å²) in [5.74, 6) is -0.260. The fraction of sp³-hybridized carbons (Fsp3) is 0.350. The molecule has 0 aromatic heterocycles. The van der Waals surface area contributed by atoms with Crippen LogP contribution < -0.4 is 11.1 Å². The predicted octanol–water partition coefficient (Wildman–Crippen LogP) is 3.77. The summed E-state index contributed by atoms with van der Waals surface area (Å²) < 4.78 is 25.3. The molecule has 0 atom stereocenters. The fourth-order valence-corrected chi connectivity index (χ4v) is 5.33. The molecule has 1 aliphatic rings. The predicted molar refractivity (Wildman–Crippen MR) is 105 cm³/mol. The Balaban J connectivity index is 1.71. The van der Waals surface area contributed by atoms with Crippen LogP contribution in [0.25, 0.3) is 0 Å². The van der Waals surface area contributed by atoms with E-state index in [1.54, 1.807) is 48.5 Å². The van der Waals surface area contributed by atoms with Crippen LogP contribution in [0.3, 0.4) is 0 Å². The number of carbonyl (C=O) groups is 1. The second-order valence-electron chi connectivity index (χ2n) is 6.85. The van der Waals surface area contributed by atoms with Crippen molar-refractivity contribution in [3.8, 4) is 0 Å². The van der Waals surface area contributed by atoms with Gasteiger partial charge in [0.25, 0.3) is 5.91 Å². The summed E-state index contributed by atoms with van der Waals surface area (Å²) in [6.45, 7) is 0. The molecule has 0 unspecified atom stereocenters. The molecule has 0 bridgehead atoms. The van der Waals surface area contributed by atoms with Crippen molar-refractivity contribution >= 4 is 27.1 Å². The van der Waals surface area contributed by atoms with E-state index in [1.165, 1.54) is 0 Å². The summed E-state index contributed by atoms with van der Waals surface area (Å²) in [5.41, 5.74) is 7.96. The zero-order chi connectivity index (χ0) is 18.6. The lowest BCUT2D eigenvalue weighted by molar-refractivity contribution is 0.102. The molecule has 3 rings (SSSR count). The van der Waals surface area contributed by atoms with Crippen LogP contribution in [0.4, 0.5) is 11.4 Å². The van der Waals surface area contributed by atoms with E-state index < -0.39 is 9.84 Å². The fourth-order valence-electron chi connectivity index (χ4n) is 3.40. The lowest BCUT2D eigenvalue weighted by Gasteiger charge is -2.21. The molecule has 0 radical (unpaired) electrons. The summed E-state index contributed by atoms with van der Waals surface area (Å²) in [7, 11) is -3.17. The Labute approximate surface area is 154 Å². The van der Waals surface area contributed by atoms with Crippen molar-refractivity contribution in [2.75, 3.05) is 11.1 Å². The zero-order valence-corrected chi connectivity index (χ0v) is 15.5. The molecule has 5 nitrogen and oxygen atoms in total. The molecule has 1 amide bonds. The van der Waals surface area contributed by atoms with Crippen LogP contribution in [0.1, 0.15) is 48.0 Å². The number of sulfone groups is 1. The molecule has 1 saturated carbocycles. The first kappa shape index (κ1) is 18.5. The molecule has 26 heavy (non-hydrogen) atoms. The van der Waals surface area contributed by atoms with Gasteiger partial charge in [0.1, 0.15) is 0 Å². The Morgan fingerprint density at radius 1 is 1.04 bits per heavy atom. The van der Waals surface area contributed by atoms with Crippen LogP contribution in [0, 0.1) is 0 Å². The Hall–Kier alpha value is -2.34. The molecule has 2 aromatic rings. The molecule has 0 saturated heterocycles. The van der Waals surface area contributed by atoms with Crippen molar-refractivity contribution in [3.63, 3.8) is 0 Å². The quantitative estimate of drug-likeness (QED) is 0.782. The van der Waals surface area contributed by atoms with Crippen LogP contribution in [0.5, 0.6) is 0 Å². The maximum absolute atomic E-state index is 12.6. The minimum absolute atomic E-state index is 0.0136.